The molecule has 0 heterocycles. The second kappa shape index (κ2) is 4.31. The van der Waals surface area contributed by atoms with Crippen LogP contribution in [-0.2, 0) is 0 Å². The van der Waals surface area contributed by atoms with E-state index in [1.165, 1.54) is 12.1 Å². The molecule has 0 radical (unpaired) electrons. The molecule has 1 fully saturated rings. The van der Waals surface area contributed by atoms with E-state index in [-0.39, 0.29) is 17.8 Å². The van der Waals surface area contributed by atoms with Crippen molar-refractivity contribution in [3.63, 3.8) is 0 Å². The smallest absolute Gasteiger partial charge is 0.123 e. The third kappa shape index (κ3) is 2.27. The quantitative estimate of drug-likeness (QED) is 0.743. The Morgan fingerprint density at radius 2 is 2.00 bits per heavy atom. The van der Waals surface area contributed by atoms with Gasteiger partial charge in [0.25, 0.3) is 0 Å². The lowest BCUT2D eigenvalue weighted by Crippen LogP contribution is -2.19. The van der Waals surface area contributed by atoms with Crippen LogP contribution in [0.5, 0.6) is 5.75 Å². The number of hydrogen-bond donors (Lipinski definition) is 0. The second-order valence-electron chi connectivity index (χ2n) is 3.78. The summed E-state index contributed by atoms with van der Waals surface area (Å²) >= 11 is 0. The lowest BCUT2D eigenvalue weighted by Gasteiger charge is -2.15. The summed E-state index contributed by atoms with van der Waals surface area (Å²) in [5, 5.41) is 8.87. The van der Waals surface area contributed by atoms with Crippen molar-refractivity contribution in [1.29, 1.82) is 5.26 Å². The van der Waals surface area contributed by atoms with Crippen LogP contribution in [0.3, 0.4) is 0 Å². The summed E-state index contributed by atoms with van der Waals surface area (Å²) in [7, 11) is 0. The van der Waals surface area contributed by atoms with Crippen LogP contribution in [0.25, 0.3) is 0 Å². The van der Waals surface area contributed by atoms with E-state index < -0.39 is 0 Å². The Hall–Kier alpha value is -1.56. The van der Waals surface area contributed by atoms with Gasteiger partial charge in [0.2, 0.25) is 0 Å². The van der Waals surface area contributed by atoms with Gasteiger partial charge in [0.1, 0.15) is 17.7 Å². The minimum atomic E-state index is -0.273. The predicted octanol–water partition coefficient (Wildman–Crippen LogP) is 2.90. The van der Waals surface area contributed by atoms with Crippen molar-refractivity contribution >= 4 is 0 Å². The number of hydrogen-bond acceptors (Lipinski definition) is 2. The molecule has 0 saturated heterocycles. The zero-order chi connectivity index (χ0) is 10.7. The fourth-order valence-electron chi connectivity index (χ4n) is 1.90. The first-order valence-corrected chi connectivity index (χ1v) is 5.11. The molecule has 2 rings (SSSR count). The largest absolute Gasteiger partial charge is 0.489 e. The fourth-order valence-corrected chi connectivity index (χ4v) is 1.90. The van der Waals surface area contributed by atoms with Gasteiger partial charge in [0.15, 0.2) is 0 Å². The van der Waals surface area contributed by atoms with E-state index in [9.17, 15) is 4.39 Å². The highest BCUT2D eigenvalue weighted by atomic mass is 19.1. The molecule has 15 heavy (non-hydrogen) atoms. The highest BCUT2D eigenvalue weighted by molar-refractivity contribution is 5.22. The van der Waals surface area contributed by atoms with Gasteiger partial charge in [-0.25, -0.2) is 4.39 Å². The van der Waals surface area contributed by atoms with E-state index in [0.29, 0.717) is 5.75 Å². The molecule has 1 aliphatic carbocycles. The van der Waals surface area contributed by atoms with E-state index in [2.05, 4.69) is 6.07 Å². The predicted molar refractivity (Wildman–Crippen MR) is 53.8 cm³/mol. The van der Waals surface area contributed by atoms with Gasteiger partial charge in [-0.3, -0.25) is 0 Å². The van der Waals surface area contributed by atoms with Crippen molar-refractivity contribution in [2.45, 2.75) is 25.4 Å². The number of rotatable bonds is 2. The molecule has 78 valence electrons. The normalized spacial score (nSPS) is 24.8. The molecular formula is C12H12FNO. The van der Waals surface area contributed by atoms with Crippen LogP contribution in [0, 0.1) is 23.1 Å². The Morgan fingerprint density at radius 3 is 2.67 bits per heavy atom. The molecule has 1 aromatic rings. The summed E-state index contributed by atoms with van der Waals surface area (Å²) in [6, 6.07) is 8.18. The van der Waals surface area contributed by atoms with Crippen molar-refractivity contribution in [3.05, 3.63) is 30.1 Å². The van der Waals surface area contributed by atoms with Gasteiger partial charge < -0.3 is 4.74 Å². The van der Waals surface area contributed by atoms with E-state index in [1.807, 2.05) is 0 Å². The molecule has 0 bridgehead atoms. The highest BCUT2D eigenvalue weighted by Crippen LogP contribution is 2.29. The van der Waals surface area contributed by atoms with Gasteiger partial charge in [-0.2, -0.15) is 5.26 Å². The van der Waals surface area contributed by atoms with E-state index in [4.69, 9.17) is 10.00 Å². The topological polar surface area (TPSA) is 33.0 Å². The van der Waals surface area contributed by atoms with E-state index in [0.717, 1.165) is 19.3 Å². The third-order valence-corrected chi connectivity index (χ3v) is 2.72. The van der Waals surface area contributed by atoms with Crippen LogP contribution < -0.4 is 4.74 Å². The van der Waals surface area contributed by atoms with Gasteiger partial charge in [-0.15, -0.1) is 0 Å². The van der Waals surface area contributed by atoms with Crippen LogP contribution in [-0.4, -0.2) is 6.10 Å². The second-order valence-corrected chi connectivity index (χ2v) is 3.78. The van der Waals surface area contributed by atoms with Crippen molar-refractivity contribution in [2.75, 3.05) is 0 Å². The van der Waals surface area contributed by atoms with Crippen LogP contribution in [0.1, 0.15) is 19.3 Å². The Balaban J connectivity index is 2.03. The van der Waals surface area contributed by atoms with Gasteiger partial charge in [-0.1, -0.05) is 0 Å². The number of nitriles is 1. The molecule has 0 N–H and O–H groups in total. The van der Waals surface area contributed by atoms with Crippen LogP contribution in [0.15, 0.2) is 24.3 Å². The zero-order valence-corrected chi connectivity index (χ0v) is 8.32. The summed E-state index contributed by atoms with van der Waals surface area (Å²) in [6.07, 6.45) is 2.82. The molecule has 1 saturated carbocycles. The summed E-state index contributed by atoms with van der Waals surface area (Å²) in [5.41, 5.74) is 0. The number of benzene rings is 1. The molecule has 1 aromatic carbocycles. The van der Waals surface area contributed by atoms with Crippen LogP contribution in [0.4, 0.5) is 4.39 Å². The van der Waals surface area contributed by atoms with Crippen molar-refractivity contribution in [1.82, 2.24) is 0 Å². The summed E-state index contributed by atoms with van der Waals surface area (Å²) in [4.78, 5) is 0. The molecule has 1 aliphatic rings. The number of nitrogens with zero attached hydrogens (tertiary/aromatic N) is 1. The zero-order valence-electron chi connectivity index (χ0n) is 8.32. The lowest BCUT2D eigenvalue weighted by atomic mass is 10.1. The van der Waals surface area contributed by atoms with Crippen molar-refractivity contribution < 1.29 is 9.13 Å². The Morgan fingerprint density at radius 1 is 1.27 bits per heavy atom. The highest BCUT2D eigenvalue weighted by Gasteiger charge is 2.28. The Kier molecular flexibility index (Phi) is 2.86. The molecule has 0 amide bonds. The molecule has 3 heteroatoms. The summed E-state index contributed by atoms with van der Waals surface area (Å²) in [6.45, 7) is 0. The summed E-state index contributed by atoms with van der Waals surface area (Å²) in [5.74, 6) is 0.351. The molecular weight excluding hydrogens is 193 g/mol. The number of ether oxygens (including phenoxy) is 1. The monoisotopic (exact) mass is 205 g/mol. The maximum Gasteiger partial charge on any atom is 0.123 e. The SMILES string of the molecule is N#CC1CCCC1Oc1ccc(F)cc1. The van der Waals surface area contributed by atoms with E-state index in [1.54, 1.807) is 12.1 Å². The number of halogens is 1. The maximum absolute atomic E-state index is 12.6. The van der Waals surface area contributed by atoms with Gasteiger partial charge in [0, 0.05) is 0 Å². The average Bonchev–Trinajstić information content (AvgIpc) is 2.69. The van der Waals surface area contributed by atoms with Crippen LogP contribution in [0.2, 0.25) is 0 Å². The molecule has 0 aromatic heterocycles. The van der Waals surface area contributed by atoms with Crippen molar-refractivity contribution in [2.24, 2.45) is 5.92 Å². The molecule has 2 atom stereocenters. The molecule has 0 spiro atoms. The summed E-state index contributed by atoms with van der Waals surface area (Å²) < 4.78 is 18.3. The van der Waals surface area contributed by atoms with Gasteiger partial charge in [0.05, 0.1) is 12.0 Å². The lowest BCUT2D eigenvalue weighted by molar-refractivity contribution is 0.182. The third-order valence-electron chi connectivity index (χ3n) is 2.72. The first-order chi connectivity index (χ1) is 7.29. The van der Waals surface area contributed by atoms with Gasteiger partial charge in [-0.05, 0) is 43.5 Å². The minimum absolute atomic E-state index is 0.0185. The van der Waals surface area contributed by atoms with Crippen molar-refractivity contribution in [3.8, 4) is 11.8 Å². The molecule has 0 aliphatic heterocycles. The minimum Gasteiger partial charge on any atom is -0.489 e. The maximum atomic E-state index is 12.6. The molecule has 2 nitrogen and oxygen atoms in total. The first-order valence-electron chi connectivity index (χ1n) is 5.11. The van der Waals surface area contributed by atoms with Gasteiger partial charge >= 0.3 is 0 Å². The van der Waals surface area contributed by atoms with E-state index >= 15 is 0 Å². The fraction of sp³-hybridized carbons (Fsp3) is 0.417. The first kappa shape index (κ1) is 9.97. The average molecular weight is 205 g/mol. The molecule has 2 unspecified atom stereocenters. The van der Waals surface area contributed by atoms with Crippen LogP contribution >= 0.6 is 0 Å². The standard InChI is InChI=1S/C12H12FNO/c13-10-4-6-11(7-5-10)15-12-3-1-2-9(12)8-14/h4-7,9,12H,1-3H2. The Bertz CT molecular complexity index is 368. The Labute approximate surface area is 88.3 Å².